The first-order valence-corrected chi connectivity index (χ1v) is 5.90. The van der Waals surface area contributed by atoms with Crippen LogP contribution in [0.3, 0.4) is 0 Å². The molecule has 1 unspecified atom stereocenters. The van der Waals surface area contributed by atoms with Crippen LogP contribution < -0.4 is 5.73 Å². The fourth-order valence-electron chi connectivity index (χ4n) is 1.97. The van der Waals surface area contributed by atoms with E-state index in [1.165, 1.54) is 6.07 Å². The summed E-state index contributed by atoms with van der Waals surface area (Å²) in [7, 11) is 0. The Kier molecular flexibility index (Phi) is 3.53. The SMILES string of the molecule is CCC(N)Cc1ccc([N+](=O)[O-])c2cccnc12. The molecule has 5 heteroatoms. The van der Waals surface area contributed by atoms with Gasteiger partial charge in [-0.2, -0.15) is 0 Å². The molecule has 18 heavy (non-hydrogen) atoms. The molecule has 1 atom stereocenters. The number of hydrogen-bond donors (Lipinski definition) is 1. The number of nitro groups is 1. The van der Waals surface area contributed by atoms with E-state index < -0.39 is 0 Å². The van der Waals surface area contributed by atoms with Crippen molar-refractivity contribution in [2.75, 3.05) is 0 Å². The molecule has 0 saturated carbocycles. The van der Waals surface area contributed by atoms with Gasteiger partial charge in [0.05, 0.1) is 15.8 Å². The van der Waals surface area contributed by atoms with Gasteiger partial charge >= 0.3 is 0 Å². The average Bonchev–Trinajstić information content (AvgIpc) is 2.38. The zero-order chi connectivity index (χ0) is 13.1. The van der Waals surface area contributed by atoms with Gasteiger partial charge in [-0.15, -0.1) is 0 Å². The molecule has 0 saturated heterocycles. The van der Waals surface area contributed by atoms with Gasteiger partial charge in [-0.1, -0.05) is 6.92 Å². The molecule has 2 N–H and O–H groups in total. The maximum absolute atomic E-state index is 11.0. The van der Waals surface area contributed by atoms with E-state index in [0.29, 0.717) is 17.3 Å². The Morgan fingerprint density at radius 3 is 2.89 bits per heavy atom. The Morgan fingerprint density at radius 2 is 2.22 bits per heavy atom. The Balaban J connectivity index is 2.57. The zero-order valence-corrected chi connectivity index (χ0v) is 10.2. The van der Waals surface area contributed by atoms with E-state index in [4.69, 9.17) is 5.73 Å². The van der Waals surface area contributed by atoms with Crippen LogP contribution in [-0.2, 0) is 6.42 Å². The third-order valence-electron chi connectivity index (χ3n) is 3.03. The fraction of sp³-hybridized carbons (Fsp3) is 0.308. The minimum atomic E-state index is -0.381. The van der Waals surface area contributed by atoms with Crippen LogP contribution >= 0.6 is 0 Å². The van der Waals surface area contributed by atoms with Gasteiger partial charge in [0, 0.05) is 18.3 Å². The fourth-order valence-corrected chi connectivity index (χ4v) is 1.97. The van der Waals surface area contributed by atoms with Crippen LogP contribution in [0.2, 0.25) is 0 Å². The zero-order valence-electron chi connectivity index (χ0n) is 10.2. The molecule has 0 aliphatic carbocycles. The molecule has 5 nitrogen and oxygen atoms in total. The van der Waals surface area contributed by atoms with E-state index >= 15 is 0 Å². The highest BCUT2D eigenvalue weighted by Crippen LogP contribution is 2.27. The summed E-state index contributed by atoms with van der Waals surface area (Å²) in [5.74, 6) is 0. The standard InChI is InChI=1S/C13H15N3O2/c1-2-10(14)8-9-5-6-12(16(17)18)11-4-3-7-15-13(9)11/h3-7,10H,2,8,14H2,1H3. The molecule has 0 amide bonds. The highest BCUT2D eigenvalue weighted by molar-refractivity contribution is 5.90. The molecule has 94 valence electrons. The minimum absolute atomic E-state index is 0.0525. The maximum Gasteiger partial charge on any atom is 0.278 e. The number of hydrogen-bond acceptors (Lipinski definition) is 4. The number of benzene rings is 1. The summed E-state index contributed by atoms with van der Waals surface area (Å²) in [6, 6.07) is 6.77. The lowest BCUT2D eigenvalue weighted by atomic mass is 10.0. The van der Waals surface area contributed by atoms with Crippen molar-refractivity contribution >= 4 is 16.6 Å². The number of pyridine rings is 1. The number of aromatic nitrogens is 1. The largest absolute Gasteiger partial charge is 0.327 e. The number of non-ortho nitro benzene ring substituents is 1. The second-order valence-electron chi connectivity index (χ2n) is 4.27. The van der Waals surface area contributed by atoms with Gasteiger partial charge in [0.25, 0.3) is 5.69 Å². The third kappa shape index (κ3) is 2.31. The van der Waals surface area contributed by atoms with Crippen molar-refractivity contribution in [2.45, 2.75) is 25.8 Å². The van der Waals surface area contributed by atoms with E-state index in [1.54, 1.807) is 24.4 Å². The van der Waals surface area contributed by atoms with Crippen molar-refractivity contribution in [2.24, 2.45) is 5.73 Å². The minimum Gasteiger partial charge on any atom is -0.327 e. The highest BCUT2D eigenvalue weighted by atomic mass is 16.6. The molecular formula is C13H15N3O2. The average molecular weight is 245 g/mol. The van der Waals surface area contributed by atoms with Crippen LogP contribution in [0.1, 0.15) is 18.9 Å². The van der Waals surface area contributed by atoms with Gasteiger partial charge in [-0.25, -0.2) is 0 Å². The van der Waals surface area contributed by atoms with Gasteiger partial charge in [-0.3, -0.25) is 15.1 Å². The van der Waals surface area contributed by atoms with E-state index in [0.717, 1.165) is 12.0 Å². The van der Waals surface area contributed by atoms with E-state index in [-0.39, 0.29) is 16.7 Å². The van der Waals surface area contributed by atoms with Crippen molar-refractivity contribution in [1.29, 1.82) is 0 Å². The number of nitrogens with zero attached hydrogens (tertiary/aromatic N) is 2. The molecule has 1 aromatic carbocycles. The predicted octanol–water partition coefficient (Wildman–Crippen LogP) is 2.42. The molecule has 2 rings (SSSR count). The van der Waals surface area contributed by atoms with Gasteiger partial charge in [0.2, 0.25) is 0 Å². The van der Waals surface area contributed by atoms with Crippen molar-refractivity contribution < 1.29 is 4.92 Å². The molecule has 0 bridgehead atoms. The Hall–Kier alpha value is -2.01. The summed E-state index contributed by atoms with van der Waals surface area (Å²) in [4.78, 5) is 14.8. The van der Waals surface area contributed by atoms with Gasteiger partial charge < -0.3 is 5.73 Å². The van der Waals surface area contributed by atoms with E-state index in [2.05, 4.69) is 4.98 Å². The third-order valence-corrected chi connectivity index (χ3v) is 3.03. The second-order valence-corrected chi connectivity index (χ2v) is 4.27. The Labute approximate surface area is 105 Å². The van der Waals surface area contributed by atoms with Crippen LogP contribution in [0.4, 0.5) is 5.69 Å². The van der Waals surface area contributed by atoms with E-state index in [1.807, 2.05) is 6.92 Å². The summed E-state index contributed by atoms with van der Waals surface area (Å²) >= 11 is 0. The molecule has 2 aromatic rings. The van der Waals surface area contributed by atoms with Gasteiger partial charge in [0.1, 0.15) is 0 Å². The predicted molar refractivity (Wildman–Crippen MR) is 70.4 cm³/mol. The monoisotopic (exact) mass is 245 g/mol. The molecule has 1 aromatic heterocycles. The first-order valence-electron chi connectivity index (χ1n) is 5.90. The number of nitro benzene ring substituents is 1. The lowest BCUT2D eigenvalue weighted by Crippen LogP contribution is -2.21. The maximum atomic E-state index is 11.0. The van der Waals surface area contributed by atoms with Crippen LogP contribution in [0.5, 0.6) is 0 Å². The van der Waals surface area contributed by atoms with E-state index in [9.17, 15) is 10.1 Å². The lowest BCUT2D eigenvalue weighted by Gasteiger charge is -2.10. The summed E-state index contributed by atoms with van der Waals surface area (Å²) < 4.78 is 0. The molecule has 0 radical (unpaired) electrons. The summed E-state index contributed by atoms with van der Waals surface area (Å²) in [5.41, 5.74) is 7.66. The molecular weight excluding hydrogens is 230 g/mol. The first-order chi connectivity index (χ1) is 8.63. The Morgan fingerprint density at radius 1 is 1.44 bits per heavy atom. The quantitative estimate of drug-likeness (QED) is 0.662. The summed E-state index contributed by atoms with van der Waals surface area (Å²) in [6.45, 7) is 2.02. The number of nitrogens with two attached hydrogens (primary N) is 1. The van der Waals surface area contributed by atoms with Crippen LogP contribution in [0, 0.1) is 10.1 Å². The Bertz CT molecular complexity index is 583. The first kappa shape index (κ1) is 12.4. The number of rotatable bonds is 4. The topological polar surface area (TPSA) is 82.0 Å². The highest BCUT2D eigenvalue weighted by Gasteiger charge is 2.15. The van der Waals surface area contributed by atoms with Crippen molar-refractivity contribution in [1.82, 2.24) is 4.98 Å². The molecule has 0 spiro atoms. The van der Waals surface area contributed by atoms with Crippen molar-refractivity contribution in [3.8, 4) is 0 Å². The van der Waals surface area contributed by atoms with Crippen molar-refractivity contribution in [3.63, 3.8) is 0 Å². The second kappa shape index (κ2) is 5.10. The molecule has 0 fully saturated rings. The summed E-state index contributed by atoms with van der Waals surface area (Å²) in [6.07, 6.45) is 3.19. The number of fused-ring (bicyclic) bond motifs is 1. The smallest absolute Gasteiger partial charge is 0.278 e. The summed E-state index contributed by atoms with van der Waals surface area (Å²) in [5, 5.41) is 11.5. The molecule has 0 aliphatic rings. The van der Waals surface area contributed by atoms with Gasteiger partial charge in [-0.05, 0) is 36.6 Å². The van der Waals surface area contributed by atoms with Crippen LogP contribution in [0.25, 0.3) is 10.9 Å². The normalized spacial score (nSPS) is 12.6. The van der Waals surface area contributed by atoms with Crippen LogP contribution in [-0.4, -0.2) is 15.9 Å². The molecule has 1 heterocycles. The van der Waals surface area contributed by atoms with Gasteiger partial charge in [0.15, 0.2) is 0 Å². The molecule has 0 aliphatic heterocycles. The van der Waals surface area contributed by atoms with Crippen molar-refractivity contribution in [3.05, 3.63) is 46.1 Å². The van der Waals surface area contributed by atoms with Crippen LogP contribution in [0.15, 0.2) is 30.5 Å². The lowest BCUT2D eigenvalue weighted by molar-refractivity contribution is -0.383.